The average molecular weight is 527 g/mol. The Morgan fingerprint density at radius 2 is 1.78 bits per heavy atom. The Kier molecular flexibility index (Phi) is 9.24. The number of aliphatic hydroxyl groups excluding tert-OH is 4. The summed E-state index contributed by atoms with van der Waals surface area (Å²) in [6, 6.07) is 10.4. The maximum Gasteiger partial charge on any atom is 0.335 e. The van der Waals surface area contributed by atoms with E-state index < -0.39 is 58.1 Å². The molecule has 1 heterocycles. The molecule has 13 heteroatoms. The third-order valence-corrected chi connectivity index (χ3v) is 6.99. The normalized spacial score (nSPS) is 24.3. The summed E-state index contributed by atoms with van der Waals surface area (Å²) in [5, 5.41) is 52.3. The molecule has 2 aromatic rings. The summed E-state index contributed by atoms with van der Waals surface area (Å²) in [4.78, 5) is 11.2. The molecule has 0 saturated carbocycles. The van der Waals surface area contributed by atoms with Crippen molar-refractivity contribution in [3.63, 3.8) is 0 Å². The van der Waals surface area contributed by atoms with Crippen LogP contribution in [-0.2, 0) is 14.8 Å². The fourth-order valence-corrected chi connectivity index (χ4v) is 4.89. The van der Waals surface area contributed by atoms with E-state index >= 15 is 0 Å². The zero-order chi connectivity index (χ0) is 26.5. The van der Waals surface area contributed by atoms with Crippen molar-refractivity contribution in [3.8, 4) is 11.5 Å². The van der Waals surface area contributed by atoms with Crippen molar-refractivity contribution in [2.24, 2.45) is 0 Å². The second-order valence-corrected chi connectivity index (χ2v) is 9.90. The lowest BCUT2D eigenvalue weighted by Crippen LogP contribution is -2.63. The van der Waals surface area contributed by atoms with Gasteiger partial charge in [-0.25, -0.2) is 13.2 Å². The molecule has 3 rings (SSSR count). The topological polar surface area (TPSA) is 195 Å². The van der Waals surface area contributed by atoms with Gasteiger partial charge in [-0.1, -0.05) is 31.5 Å². The number of carbonyl (C=O) groups is 1. The fraction of sp³-hybridized carbons (Fsp3) is 0.435. The predicted octanol–water partition coefficient (Wildman–Crippen LogP) is 0.467. The van der Waals surface area contributed by atoms with Crippen LogP contribution < -0.4 is 14.8 Å². The summed E-state index contributed by atoms with van der Waals surface area (Å²) >= 11 is 0. The van der Waals surface area contributed by atoms with Crippen LogP contribution in [0.5, 0.6) is 11.5 Å². The summed E-state index contributed by atoms with van der Waals surface area (Å²) in [7, 11) is -4.66. The van der Waals surface area contributed by atoms with E-state index in [0.29, 0.717) is 13.0 Å². The zero-order valence-corrected chi connectivity index (χ0v) is 20.3. The molecule has 1 saturated heterocycles. The molecule has 1 aliphatic rings. The van der Waals surface area contributed by atoms with Gasteiger partial charge >= 0.3 is 5.97 Å². The number of sulfonamides is 1. The first-order valence-corrected chi connectivity index (χ1v) is 12.8. The second kappa shape index (κ2) is 12.0. The number of nitrogens with one attached hydrogen (secondary N) is 2. The van der Waals surface area contributed by atoms with Crippen molar-refractivity contribution in [3.05, 3.63) is 48.0 Å². The van der Waals surface area contributed by atoms with Gasteiger partial charge in [-0.3, -0.25) is 0 Å². The number of para-hydroxylation sites is 1. The summed E-state index contributed by atoms with van der Waals surface area (Å²) in [6.07, 6.45) is -6.97. The first-order valence-electron chi connectivity index (χ1n) is 11.3. The molecule has 0 aromatic heterocycles. The molecule has 0 bridgehead atoms. The average Bonchev–Trinajstić information content (AvgIpc) is 2.85. The van der Waals surface area contributed by atoms with Crippen LogP contribution in [0.15, 0.2) is 47.4 Å². The van der Waals surface area contributed by atoms with Gasteiger partial charge in [-0.15, -0.1) is 0 Å². The van der Waals surface area contributed by atoms with Crippen LogP contribution >= 0.6 is 0 Å². The number of anilines is 1. The van der Waals surface area contributed by atoms with E-state index in [2.05, 4.69) is 10.0 Å². The molecule has 1 fully saturated rings. The van der Waals surface area contributed by atoms with Crippen LogP contribution in [0.2, 0.25) is 0 Å². The Hall–Kier alpha value is -2.78. The van der Waals surface area contributed by atoms with Gasteiger partial charge in [0.15, 0.2) is 12.0 Å². The Labute approximate surface area is 208 Å². The first-order chi connectivity index (χ1) is 17.1. The van der Waals surface area contributed by atoms with E-state index in [1.165, 1.54) is 6.07 Å². The highest BCUT2D eigenvalue weighted by Gasteiger charge is 2.45. The monoisotopic (exact) mass is 526 g/mol. The van der Waals surface area contributed by atoms with Gasteiger partial charge in [0.05, 0.1) is 17.9 Å². The first kappa shape index (κ1) is 27.8. The van der Waals surface area contributed by atoms with Crippen LogP contribution in [0.3, 0.4) is 0 Å². The number of carboxylic acids is 1. The standard InChI is InChI=1S/C23H30N2O10S/c1-2-3-9-24-15-10-13(23(30)31)11-17(21(15)34-14-7-5-4-6-8-14)36(32,33)25-22-20(29)19(28)18(27)16(12-26)35-22/h4-8,10-11,16,18-20,22,24-29H,2-3,9,12H2,1H3,(H,30,31)/t16-,18-,19+,20-,22?/m1/s1. The third kappa shape index (κ3) is 6.31. The molecule has 12 nitrogen and oxygen atoms in total. The summed E-state index contributed by atoms with van der Waals surface area (Å²) in [6.45, 7) is 1.60. The third-order valence-electron chi connectivity index (χ3n) is 5.56. The Balaban J connectivity index is 2.08. The summed E-state index contributed by atoms with van der Waals surface area (Å²) < 4.78 is 40.2. The van der Waals surface area contributed by atoms with Crippen molar-refractivity contribution in [1.29, 1.82) is 0 Å². The van der Waals surface area contributed by atoms with Crippen molar-refractivity contribution in [2.45, 2.75) is 55.3 Å². The molecule has 1 unspecified atom stereocenters. The fourth-order valence-electron chi connectivity index (χ4n) is 3.58. The van der Waals surface area contributed by atoms with E-state index in [9.17, 15) is 38.7 Å². The number of carboxylic acid groups (broad SMARTS) is 1. The Bertz CT molecular complexity index is 1140. The molecular weight excluding hydrogens is 496 g/mol. The highest BCUT2D eigenvalue weighted by molar-refractivity contribution is 7.89. The minimum atomic E-state index is -4.66. The van der Waals surface area contributed by atoms with Gasteiger partial charge in [0.2, 0.25) is 10.0 Å². The van der Waals surface area contributed by atoms with E-state index in [4.69, 9.17) is 9.47 Å². The molecule has 36 heavy (non-hydrogen) atoms. The predicted molar refractivity (Wildman–Crippen MR) is 127 cm³/mol. The Morgan fingerprint density at radius 1 is 1.08 bits per heavy atom. The van der Waals surface area contributed by atoms with Crippen molar-refractivity contribution in [1.82, 2.24) is 4.72 Å². The number of rotatable bonds is 11. The van der Waals surface area contributed by atoms with E-state index in [1.54, 1.807) is 30.3 Å². The molecule has 1 aliphatic heterocycles. The van der Waals surface area contributed by atoms with Gasteiger partial charge in [-0.05, 0) is 30.7 Å². The van der Waals surface area contributed by atoms with Crippen LogP contribution in [0.1, 0.15) is 30.1 Å². The number of unbranched alkanes of at least 4 members (excludes halogenated alkanes) is 1. The Morgan fingerprint density at radius 3 is 2.39 bits per heavy atom. The minimum Gasteiger partial charge on any atom is -0.478 e. The van der Waals surface area contributed by atoms with Crippen LogP contribution in [0, 0.1) is 0 Å². The van der Waals surface area contributed by atoms with Crippen molar-refractivity contribution < 1.29 is 48.2 Å². The van der Waals surface area contributed by atoms with Gasteiger partial charge in [-0.2, -0.15) is 4.72 Å². The van der Waals surface area contributed by atoms with Crippen LogP contribution in [0.25, 0.3) is 0 Å². The molecule has 198 valence electrons. The summed E-state index contributed by atoms with van der Waals surface area (Å²) in [5.41, 5.74) is -0.232. The molecule has 5 atom stereocenters. The molecule has 2 aromatic carbocycles. The lowest BCUT2D eigenvalue weighted by atomic mass is 9.99. The number of aromatic carboxylic acids is 1. The smallest absolute Gasteiger partial charge is 0.335 e. The second-order valence-electron chi connectivity index (χ2n) is 8.22. The van der Waals surface area contributed by atoms with E-state index in [0.717, 1.165) is 12.5 Å². The van der Waals surface area contributed by atoms with Gasteiger partial charge in [0.25, 0.3) is 0 Å². The van der Waals surface area contributed by atoms with Crippen molar-refractivity contribution in [2.75, 3.05) is 18.5 Å². The van der Waals surface area contributed by atoms with E-state index in [1.807, 2.05) is 6.92 Å². The lowest BCUT2D eigenvalue weighted by molar-refractivity contribution is -0.231. The van der Waals surface area contributed by atoms with Crippen LogP contribution in [-0.4, -0.2) is 83.7 Å². The quantitative estimate of drug-likeness (QED) is 0.201. The number of benzene rings is 2. The van der Waals surface area contributed by atoms with Crippen LogP contribution in [0.4, 0.5) is 5.69 Å². The zero-order valence-electron chi connectivity index (χ0n) is 19.4. The molecule has 0 radical (unpaired) electrons. The SMILES string of the molecule is CCCCNc1cc(C(=O)O)cc(S(=O)(=O)NC2O[C@H](CO)[C@@H](O)[C@H](O)[C@H]2O)c1Oc1ccccc1. The largest absolute Gasteiger partial charge is 0.478 e. The lowest BCUT2D eigenvalue weighted by Gasteiger charge is -2.40. The molecule has 0 spiro atoms. The number of hydrogen-bond donors (Lipinski definition) is 7. The molecule has 0 aliphatic carbocycles. The maximum atomic E-state index is 13.5. The number of hydrogen-bond acceptors (Lipinski definition) is 10. The highest BCUT2D eigenvalue weighted by Crippen LogP contribution is 2.38. The van der Waals surface area contributed by atoms with Gasteiger partial charge in [0, 0.05) is 6.54 Å². The molecular formula is C23H30N2O10S. The summed E-state index contributed by atoms with van der Waals surface area (Å²) in [5.74, 6) is -1.30. The number of aliphatic hydroxyl groups is 4. The number of ether oxygens (including phenoxy) is 2. The molecule has 0 amide bonds. The highest BCUT2D eigenvalue weighted by atomic mass is 32.2. The van der Waals surface area contributed by atoms with Gasteiger partial charge < -0.3 is 40.3 Å². The minimum absolute atomic E-state index is 0.112. The maximum absolute atomic E-state index is 13.5. The van der Waals surface area contributed by atoms with Gasteiger partial charge in [0.1, 0.15) is 35.1 Å². The van der Waals surface area contributed by atoms with Crippen molar-refractivity contribution >= 4 is 21.7 Å². The van der Waals surface area contributed by atoms with E-state index in [-0.39, 0.29) is 22.7 Å². The molecule has 7 N–H and O–H groups in total.